The van der Waals surface area contributed by atoms with Gasteiger partial charge in [-0.15, -0.1) is 0 Å². The highest BCUT2D eigenvalue weighted by Crippen LogP contribution is 2.39. The van der Waals surface area contributed by atoms with E-state index >= 15 is 0 Å². The summed E-state index contributed by atoms with van der Waals surface area (Å²) in [4.78, 5) is 10.5. The third-order valence-corrected chi connectivity index (χ3v) is 5.83. The third kappa shape index (κ3) is 2.28. The van der Waals surface area contributed by atoms with Gasteiger partial charge in [0.05, 0.1) is 21.6 Å². The highest BCUT2D eigenvalue weighted by Gasteiger charge is 2.44. The lowest BCUT2D eigenvalue weighted by Crippen LogP contribution is -2.30. The van der Waals surface area contributed by atoms with Crippen molar-refractivity contribution in [2.75, 3.05) is 0 Å². The molecule has 0 saturated heterocycles. The molecular weight excluding hydrogens is 297 g/mol. The van der Waals surface area contributed by atoms with Gasteiger partial charge in [0.15, 0.2) is 9.84 Å². The Bertz CT molecular complexity index is 664. The SMILES string of the molecule is CC(C(=O)O)C1Cc2ccc(C(F)(F)F)cc2S1(=O)=O. The van der Waals surface area contributed by atoms with Crippen molar-refractivity contribution in [3.05, 3.63) is 29.3 Å². The number of hydrogen-bond donors (Lipinski definition) is 1. The van der Waals surface area contributed by atoms with Gasteiger partial charge in [-0.25, -0.2) is 8.42 Å². The van der Waals surface area contributed by atoms with Crippen LogP contribution in [0.1, 0.15) is 18.1 Å². The number of halogens is 3. The van der Waals surface area contributed by atoms with Crippen molar-refractivity contribution in [3.63, 3.8) is 0 Å². The summed E-state index contributed by atoms with van der Waals surface area (Å²) >= 11 is 0. The van der Waals surface area contributed by atoms with Gasteiger partial charge in [-0.05, 0) is 24.1 Å². The monoisotopic (exact) mass is 308 g/mol. The van der Waals surface area contributed by atoms with Gasteiger partial charge in [0, 0.05) is 0 Å². The Morgan fingerprint density at radius 1 is 1.40 bits per heavy atom. The summed E-state index contributed by atoms with van der Waals surface area (Å²) in [5.74, 6) is -2.47. The van der Waals surface area contributed by atoms with Crippen LogP contribution in [0.5, 0.6) is 0 Å². The zero-order valence-corrected chi connectivity index (χ0v) is 11.1. The number of aliphatic carboxylic acids is 1. The van der Waals surface area contributed by atoms with Crippen molar-refractivity contribution in [3.8, 4) is 0 Å². The van der Waals surface area contributed by atoms with E-state index in [2.05, 4.69) is 0 Å². The smallest absolute Gasteiger partial charge is 0.416 e. The lowest BCUT2D eigenvalue weighted by Gasteiger charge is -2.13. The highest BCUT2D eigenvalue weighted by molar-refractivity contribution is 7.92. The average Bonchev–Trinajstić information content (AvgIpc) is 2.58. The zero-order chi connectivity index (χ0) is 15.3. The van der Waals surface area contributed by atoms with E-state index in [4.69, 9.17) is 5.11 Å². The standard InChI is InChI=1S/C12H11F3O4S/c1-6(11(16)17)9-4-7-2-3-8(12(13,14)15)5-10(7)20(9,18)19/h2-3,5-6,9H,4H2,1H3,(H,16,17). The maximum Gasteiger partial charge on any atom is 0.416 e. The molecule has 0 fully saturated rings. The molecule has 20 heavy (non-hydrogen) atoms. The van der Waals surface area contributed by atoms with Crippen LogP contribution < -0.4 is 0 Å². The lowest BCUT2D eigenvalue weighted by atomic mass is 10.0. The number of sulfone groups is 1. The molecule has 1 aromatic carbocycles. The molecule has 0 aliphatic carbocycles. The van der Waals surface area contributed by atoms with E-state index in [1.807, 2.05) is 0 Å². The van der Waals surface area contributed by atoms with Crippen LogP contribution in [0, 0.1) is 5.92 Å². The number of rotatable bonds is 2. The van der Waals surface area contributed by atoms with Crippen LogP contribution in [0.4, 0.5) is 13.2 Å². The van der Waals surface area contributed by atoms with Gasteiger partial charge in [0.2, 0.25) is 0 Å². The minimum atomic E-state index is -4.64. The molecule has 2 atom stereocenters. The first-order valence-corrected chi connectivity index (χ1v) is 7.26. The van der Waals surface area contributed by atoms with Gasteiger partial charge in [-0.3, -0.25) is 4.79 Å². The van der Waals surface area contributed by atoms with Crippen LogP contribution in [0.2, 0.25) is 0 Å². The summed E-state index contributed by atoms with van der Waals surface area (Å²) in [6.07, 6.45) is -4.72. The van der Waals surface area contributed by atoms with Gasteiger partial charge in [0.1, 0.15) is 0 Å². The van der Waals surface area contributed by atoms with Crippen LogP contribution in [0.15, 0.2) is 23.1 Å². The summed E-state index contributed by atoms with van der Waals surface area (Å²) < 4.78 is 62.2. The average molecular weight is 308 g/mol. The number of fused-ring (bicyclic) bond motifs is 1. The number of benzene rings is 1. The quantitative estimate of drug-likeness (QED) is 0.908. The van der Waals surface area contributed by atoms with Gasteiger partial charge < -0.3 is 5.11 Å². The van der Waals surface area contributed by atoms with Gasteiger partial charge >= 0.3 is 12.1 Å². The van der Waals surface area contributed by atoms with Gasteiger partial charge in [-0.1, -0.05) is 13.0 Å². The summed E-state index contributed by atoms with van der Waals surface area (Å²) in [6.45, 7) is 1.24. The molecule has 110 valence electrons. The van der Waals surface area contributed by atoms with Crippen LogP contribution >= 0.6 is 0 Å². The number of carboxylic acid groups (broad SMARTS) is 1. The first-order chi connectivity index (χ1) is 9.05. The Kier molecular flexibility index (Phi) is 3.32. The number of carboxylic acids is 1. The second kappa shape index (κ2) is 4.47. The van der Waals surface area contributed by atoms with E-state index < -0.39 is 43.6 Å². The largest absolute Gasteiger partial charge is 0.481 e. The Morgan fingerprint density at radius 2 is 2.00 bits per heavy atom. The van der Waals surface area contributed by atoms with E-state index in [1.54, 1.807) is 0 Å². The van der Waals surface area contributed by atoms with Crippen molar-refractivity contribution >= 4 is 15.8 Å². The highest BCUT2D eigenvalue weighted by atomic mass is 32.2. The summed E-state index contributed by atoms with van der Waals surface area (Å²) in [7, 11) is -4.05. The molecular formula is C12H11F3O4S. The molecule has 8 heteroatoms. The minimum absolute atomic E-state index is 0.0801. The number of carbonyl (C=O) groups is 1. The molecule has 4 nitrogen and oxygen atoms in total. The fourth-order valence-corrected chi connectivity index (χ4v) is 4.45. The Morgan fingerprint density at radius 3 is 2.50 bits per heavy atom. The molecule has 1 aromatic rings. The first-order valence-electron chi connectivity index (χ1n) is 5.72. The van der Waals surface area contributed by atoms with Gasteiger partial charge in [0.25, 0.3) is 0 Å². The van der Waals surface area contributed by atoms with Crippen molar-refractivity contribution in [2.45, 2.75) is 29.7 Å². The number of hydrogen-bond acceptors (Lipinski definition) is 3. The lowest BCUT2D eigenvalue weighted by molar-refractivity contribution is -0.141. The van der Waals surface area contributed by atoms with Crippen molar-refractivity contribution in [1.82, 2.24) is 0 Å². The molecule has 2 rings (SSSR count). The predicted octanol–water partition coefficient (Wildman–Crippen LogP) is 2.12. The fourth-order valence-electron chi connectivity index (χ4n) is 2.26. The molecule has 0 bridgehead atoms. The topological polar surface area (TPSA) is 71.4 Å². The number of alkyl halides is 3. The van der Waals surface area contributed by atoms with Crippen molar-refractivity contribution in [1.29, 1.82) is 0 Å². The summed E-state index contributed by atoms with van der Waals surface area (Å²) in [6, 6.07) is 2.49. The molecule has 1 N–H and O–H groups in total. The molecule has 1 aliphatic heterocycles. The minimum Gasteiger partial charge on any atom is -0.481 e. The van der Waals surface area contributed by atoms with Crippen LogP contribution in [0.3, 0.4) is 0 Å². The molecule has 0 radical (unpaired) electrons. The molecule has 1 heterocycles. The van der Waals surface area contributed by atoms with Crippen molar-refractivity contribution < 1.29 is 31.5 Å². The normalized spacial score (nSPS) is 22.3. The predicted molar refractivity (Wildman–Crippen MR) is 62.9 cm³/mol. The Balaban J connectivity index is 2.52. The van der Waals surface area contributed by atoms with Crippen LogP contribution in [0.25, 0.3) is 0 Å². The Hall–Kier alpha value is -1.57. The molecule has 0 spiro atoms. The molecule has 2 unspecified atom stereocenters. The molecule has 0 amide bonds. The molecule has 0 aromatic heterocycles. The van der Waals surface area contributed by atoms with Gasteiger partial charge in [-0.2, -0.15) is 13.2 Å². The zero-order valence-electron chi connectivity index (χ0n) is 10.3. The summed E-state index contributed by atoms with van der Waals surface area (Å²) in [5.41, 5.74) is -0.820. The van der Waals surface area contributed by atoms with E-state index in [1.165, 1.54) is 6.92 Å². The van der Waals surface area contributed by atoms with E-state index in [0.29, 0.717) is 6.07 Å². The maximum absolute atomic E-state index is 12.6. The summed E-state index contributed by atoms with van der Waals surface area (Å²) in [5, 5.41) is 7.67. The second-order valence-corrected chi connectivity index (χ2v) is 6.87. The maximum atomic E-state index is 12.6. The Labute approximate surface area is 113 Å². The first kappa shape index (κ1) is 14.8. The second-order valence-electron chi connectivity index (χ2n) is 4.73. The fraction of sp³-hybridized carbons (Fsp3) is 0.417. The third-order valence-electron chi connectivity index (χ3n) is 3.47. The van der Waals surface area contributed by atoms with E-state index in [0.717, 1.165) is 12.1 Å². The molecule has 0 saturated carbocycles. The van der Waals surface area contributed by atoms with E-state index in [-0.39, 0.29) is 12.0 Å². The van der Waals surface area contributed by atoms with Crippen LogP contribution in [-0.2, 0) is 27.2 Å². The van der Waals surface area contributed by atoms with E-state index in [9.17, 15) is 26.4 Å². The molecule has 1 aliphatic rings. The van der Waals surface area contributed by atoms with Crippen molar-refractivity contribution in [2.24, 2.45) is 5.92 Å². The van der Waals surface area contributed by atoms with Crippen LogP contribution in [-0.4, -0.2) is 24.7 Å².